The van der Waals surface area contributed by atoms with Gasteiger partial charge in [0.2, 0.25) is 0 Å². The minimum Gasteiger partial charge on any atom is -0.396 e. The Balaban J connectivity index is 2.30. The van der Waals surface area contributed by atoms with E-state index >= 15 is 0 Å². The highest BCUT2D eigenvalue weighted by atomic mass is 79.9. The second kappa shape index (κ2) is 6.63. The van der Waals surface area contributed by atoms with Gasteiger partial charge in [-0.1, -0.05) is 0 Å². The van der Waals surface area contributed by atoms with Crippen LogP contribution in [0.4, 0.5) is 0 Å². The van der Waals surface area contributed by atoms with Gasteiger partial charge in [-0.05, 0) is 54.2 Å². The summed E-state index contributed by atoms with van der Waals surface area (Å²) >= 11 is 5.31. The molecule has 86 valence electrons. The average molecular weight is 292 g/mol. The summed E-state index contributed by atoms with van der Waals surface area (Å²) in [5.41, 5.74) is 1.31. The molecule has 1 heterocycles. The zero-order valence-corrected chi connectivity index (χ0v) is 11.6. The van der Waals surface area contributed by atoms with Crippen molar-refractivity contribution < 1.29 is 5.11 Å². The number of hydrogen-bond acceptors (Lipinski definition) is 3. The van der Waals surface area contributed by atoms with Crippen molar-refractivity contribution in [3.05, 3.63) is 20.3 Å². The van der Waals surface area contributed by atoms with Crippen molar-refractivity contribution in [3.63, 3.8) is 0 Å². The molecule has 4 heteroatoms. The maximum atomic E-state index is 8.71. The predicted molar refractivity (Wildman–Crippen MR) is 69.4 cm³/mol. The van der Waals surface area contributed by atoms with Gasteiger partial charge < -0.3 is 10.4 Å². The van der Waals surface area contributed by atoms with E-state index in [1.165, 1.54) is 14.2 Å². The molecule has 0 amide bonds. The standard InChI is InChI=1S/C11H18BrNOS/c1-8-6-10(15-11(8)12)7-13-9(2)4-3-5-14/h6,9,13-14H,3-5,7H2,1-2H3. The smallest absolute Gasteiger partial charge is 0.0730 e. The van der Waals surface area contributed by atoms with Crippen LogP contribution < -0.4 is 5.32 Å². The fourth-order valence-electron chi connectivity index (χ4n) is 1.38. The van der Waals surface area contributed by atoms with Crippen LogP contribution in [0.15, 0.2) is 9.85 Å². The Hall–Kier alpha value is 0.100. The van der Waals surface area contributed by atoms with Gasteiger partial charge in [0.1, 0.15) is 0 Å². The highest BCUT2D eigenvalue weighted by Crippen LogP contribution is 2.27. The van der Waals surface area contributed by atoms with E-state index < -0.39 is 0 Å². The number of thiophene rings is 1. The van der Waals surface area contributed by atoms with Gasteiger partial charge in [-0.25, -0.2) is 0 Å². The molecule has 0 aromatic carbocycles. The summed E-state index contributed by atoms with van der Waals surface area (Å²) in [6.07, 6.45) is 1.91. The topological polar surface area (TPSA) is 32.3 Å². The van der Waals surface area contributed by atoms with Gasteiger partial charge in [0.25, 0.3) is 0 Å². The largest absolute Gasteiger partial charge is 0.396 e. The molecule has 0 radical (unpaired) electrons. The van der Waals surface area contributed by atoms with Crippen molar-refractivity contribution >= 4 is 27.3 Å². The van der Waals surface area contributed by atoms with Gasteiger partial charge in [0.05, 0.1) is 3.79 Å². The van der Waals surface area contributed by atoms with E-state index in [0.717, 1.165) is 19.4 Å². The Morgan fingerprint density at radius 2 is 2.33 bits per heavy atom. The maximum absolute atomic E-state index is 8.71. The molecule has 0 saturated heterocycles. The molecule has 0 bridgehead atoms. The summed E-state index contributed by atoms with van der Waals surface area (Å²) in [4.78, 5) is 1.36. The first-order valence-electron chi connectivity index (χ1n) is 5.22. The van der Waals surface area contributed by atoms with E-state index in [4.69, 9.17) is 5.11 Å². The molecule has 1 atom stereocenters. The summed E-state index contributed by atoms with van der Waals surface area (Å²) in [7, 11) is 0. The highest BCUT2D eigenvalue weighted by molar-refractivity contribution is 9.11. The third-order valence-electron chi connectivity index (χ3n) is 2.33. The summed E-state index contributed by atoms with van der Waals surface area (Å²) in [6.45, 7) is 5.48. The minimum absolute atomic E-state index is 0.287. The molecule has 1 rings (SSSR count). The molecule has 0 aliphatic heterocycles. The zero-order valence-electron chi connectivity index (χ0n) is 9.22. The number of aliphatic hydroxyl groups excluding tert-OH is 1. The van der Waals surface area contributed by atoms with E-state index in [0.29, 0.717) is 6.04 Å². The van der Waals surface area contributed by atoms with Crippen molar-refractivity contribution in [2.24, 2.45) is 0 Å². The van der Waals surface area contributed by atoms with Crippen LogP contribution in [-0.2, 0) is 6.54 Å². The Kier molecular flexibility index (Phi) is 5.82. The summed E-state index contributed by atoms with van der Waals surface area (Å²) in [5, 5.41) is 12.2. The SMILES string of the molecule is Cc1cc(CNC(C)CCCO)sc1Br. The molecule has 1 unspecified atom stereocenters. The second-order valence-corrected chi connectivity index (χ2v) is 6.27. The van der Waals surface area contributed by atoms with Gasteiger partial charge >= 0.3 is 0 Å². The van der Waals surface area contributed by atoms with Gasteiger partial charge in [-0.15, -0.1) is 11.3 Å². The number of nitrogens with one attached hydrogen (secondary N) is 1. The van der Waals surface area contributed by atoms with E-state index in [1.807, 2.05) is 0 Å². The highest BCUT2D eigenvalue weighted by Gasteiger charge is 2.05. The van der Waals surface area contributed by atoms with Gasteiger partial charge in [-0.2, -0.15) is 0 Å². The number of aliphatic hydroxyl groups is 1. The van der Waals surface area contributed by atoms with Crippen molar-refractivity contribution in [3.8, 4) is 0 Å². The van der Waals surface area contributed by atoms with Gasteiger partial charge in [0.15, 0.2) is 0 Å². The van der Waals surface area contributed by atoms with Crippen LogP contribution in [0.25, 0.3) is 0 Å². The number of halogens is 1. The number of hydrogen-bond donors (Lipinski definition) is 2. The van der Waals surface area contributed by atoms with Crippen LogP contribution in [0.2, 0.25) is 0 Å². The Labute approximate surface area is 104 Å². The number of aryl methyl sites for hydroxylation is 1. The molecule has 0 saturated carbocycles. The molecule has 1 aromatic heterocycles. The normalized spacial score (nSPS) is 13.1. The molecule has 0 spiro atoms. The zero-order chi connectivity index (χ0) is 11.3. The predicted octanol–water partition coefficient (Wildman–Crippen LogP) is 3.07. The molecule has 1 aromatic rings. The van der Waals surface area contributed by atoms with E-state index in [2.05, 4.69) is 41.2 Å². The van der Waals surface area contributed by atoms with Crippen molar-refractivity contribution in [2.75, 3.05) is 6.61 Å². The molecule has 2 N–H and O–H groups in total. The van der Waals surface area contributed by atoms with Crippen molar-refractivity contribution in [1.82, 2.24) is 5.32 Å². The van der Waals surface area contributed by atoms with Crippen LogP contribution in [0.5, 0.6) is 0 Å². The summed E-state index contributed by atoms with van der Waals surface area (Å²) in [6, 6.07) is 2.68. The Morgan fingerprint density at radius 3 is 2.87 bits per heavy atom. The third kappa shape index (κ3) is 4.64. The molecule has 0 fully saturated rings. The maximum Gasteiger partial charge on any atom is 0.0730 e. The van der Waals surface area contributed by atoms with Crippen molar-refractivity contribution in [1.29, 1.82) is 0 Å². The average Bonchev–Trinajstić information content (AvgIpc) is 2.52. The first-order valence-corrected chi connectivity index (χ1v) is 6.83. The fourth-order valence-corrected chi connectivity index (χ4v) is 2.96. The molecular weight excluding hydrogens is 274 g/mol. The Bertz CT molecular complexity index is 281. The lowest BCUT2D eigenvalue weighted by Crippen LogP contribution is -2.25. The lowest BCUT2D eigenvalue weighted by Gasteiger charge is -2.11. The number of rotatable bonds is 6. The van der Waals surface area contributed by atoms with Gasteiger partial charge in [0, 0.05) is 24.1 Å². The van der Waals surface area contributed by atoms with E-state index in [9.17, 15) is 0 Å². The first-order chi connectivity index (χ1) is 7.13. The minimum atomic E-state index is 0.287. The lowest BCUT2D eigenvalue weighted by atomic mass is 10.2. The molecule has 0 aliphatic rings. The first kappa shape index (κ1) is 13.2. The monoisotopic (exact) mass is 291 g/mol. The summed E-state index contributed by atoms with van der Waals surface area (Å²) in [5.74, 6) is 0. The van der Waals surface area contributed by atoms with Crippen LogP contribution in [0.3, 0.4) is 0 Å². The van der Waals surface area contributed by atoms with Gasteiger partial charge in [-0.3, -0.25) is 0 Å². The summed E-state index contributed by atoms with van der Waals surface area (Å²) < 4.78 is 1.22. The Morgan fingerprint density at radius 1 is 1.60 bits per heavy atom. The van der Waals surface area contributed by atoms with E-state index in [1.54, 1.807) is 11.3 Å². The molecule has 2 nitrogen and oxygen atoms in total. The van der Waals surface area contributed by atoms with E-state index in [-0.39, 0.29) is 6.61 Å². The lowest BCUT2D eigenvalue weighted by molar-refractivity contribution is 0.276. The van der Waals surface area contributed by atoms with Crippen LogP contribution in [0.1, 0.15) is 30.2 Å². The van der Waals surface area contributed by atoms with Crippen LogP contribution >= 0.6 is 27.3 Å². The molecule has 15 heavy (non-hydrogen) atoms. The second-order valence-electron chi connectivity index (χ2n) is 3.82. The molecule has 0 aliphatic carbocycles. The van der Waals surface area contributed by atoms with Crippen molar-refractivity contribution in [2.45, 2.75) is 39.3 Å². The fraction of sp³-hybridized carbons (Fsp3) is 0.636. The van der Waals surface area contributed by atoms with Crippen LogP contribution in [0, 0.1) is 6.92 Å². The molecular formula is C11H18BrNOS. The quantitative estimate of drug-likeness (QED) is 0.844. The van der Waals surface area contributed by atoms with Crippen LogP contribution in [-0.4, -0.2) is 17.8 Å². The third-order valence-corrected chi connectivity index (χ3v) is 4.46.